The largest absolute Gasteiger partial charge is 0.493 e. The van der Waals surface area contributed by atoms with Gasteiger partial charge in [0, 0.05) is 20.0 Å². The van der Waals surface area contributed by atoms with Crippen molar-refractivity contribution in [3.8, 4) is 5.75 Å². The summed E-state index contributed by atoms with van der Waals surface area (Å²) in [6.07, 6.45) is 1.75. The standard InChI is InChI=1S/C16H24N2O3/c1-16(2,20)11-18(3)15(19)17-8-6-12-4-5-14-13(10-12)7-9-21-14/h4-5,10,20H,6-9,11H2,1-3H3,(H,17,19). The van der Waals surface area contributed by atoms with Gasteiger partial charge in [-0.1, -0.05) is 12.1 Å². The number of likely N-dealkylation sites (N-methyl/N-ethyl adjacent to an activating group) is 1. The third-order valence-electron chi connectivity index (χ3n) is 3.41. The van der Waals surface area contributed by atoms with Gasteiger partial charge in [-0.05, 0) is 37.5 Å². The number of nitrogens with zero attached hydrogens (tertiary/aromatic N) is 1. The van der Waals surface area contributed by atoms with E-state index in [1.807, 2.05) is 12.1 Å². The highest BCUT2D eigenvalue weighted by atomic mass is 16.5. The van der Waals surface area contributed by atoms with Crippen LogP contribution in [-0.4, -0.2) is 48.4 Å². The Balaban J connectivity index is 1.77. The van der Waals surface area contributed by atoms with Gasteiger partial charge < -0.3 is 20.1 Å². The normalized spacial score (nSPS) is 13.5. The van der Waals surface area contributed by atoms with Gasteiger partial charge in [0.05, 0.1) is 18.8 Å². The van der Waals surface area contributed by atoms with Gasteiger partial charge in [0.15, 0.2) is 0 Å². The highest BCUT2D eigenvalue weighted by Crippen LogP contribution is 2.25. The van der Waals surface area contributed by atoms with Crippen molar-refractivity contribution in [1.29, 1.82) is 0 Å². The Morgan fingerprint density at radius 3 is 2.95 bits per heavy atom. The van der Waals surface area contributed by atoms with E-state index in [1.165, 1.54) is 16.0 Å². The van der Waals surface area contributed by atoms with E-state index in [0.717, 1.165) is 25.2 Å². The van der Waals surface area contributed by atoms with Gasteiger partial charge in [-0.3, -0.25) is 0 Å². The van der Waals surface area contributed by atoms with Crippen LogP contribution in [0.2, 0.25) is 0 Å². The maximum atomic E-state index is 11.9. The quantitative estimate of drug-likeness (QED) is 0.866. The number of rotatable bonds is 5. The Hall–Kier alpha value is -1.75. The highest BCUT2D eigenvalue weighted by Gasteiger charge is 2.19. The molecule has 0 saturated carbocycles. The van der Waals surface area contributed by atoms with Crippen molar-refractivity contribution in [3.63, 3.8) is 0 Å². The first kappa shape index (κ1) is 15.6. The first-order valence-electron chi connectivity index (χ1n) is 7.31. The van der Waals surface area contributed by atoms with Gasteiger partial charge in [-0.2, -0.15) is 0 Å². The lowest BCUT2D eigenvalue weighted by Gasteiger charge is -2.25. The van der Waals surface area contributed by atoms with Crippen molar-refractivity contribution < 1.29 is 14.6 Å². The van der Waals surface area contributed by atoms with E-state index >= 15 is 0 Å². The number of ether oxygens (including phenoxy) is 1. The highest BCUT2D eigenvalue weighted by molar-refractivity contribution is 5.73. The molecule has 0 aliphatic carbocycles. The third-order valence-corrected chi connectivity index (χ3v) is 3.41. The van der Waals surface area contributed by atoms with Gasteiger partial charge in [-0.25, -0.2) is 4.79 Å². The molecule has 0 saturated heterocycles. The Labute approximate surface area is 125 Å². The SMILES string of the molecule is CN(CC(C)(C)O)C(=O)NCCc1ccc2c(c1)CCO2. The van der Waals surface area contributed by atoms with Crippen LogP contribution in [0.25, 0.3) is 0 Å². The Bertz CT molecular complexity index is 509. The third kappa shape index (κ3) is 4.63. The van der Waals surface area contributed by atoms with Gasteiger partial charge in [0.2, 0.25) is 0 Å². The summed E-state index contributed by atoms with van der Waals surface area (Å²) in [4.78, 5) is 13.4. The van der Waals surface area contributed by atoms with Crippen LogP contribution in [0.3, 0.4) is 0 Å². The van der Waals surface area contributed by atoms with E-state index < -0.39 is 5.60 Å². The Morgan fingerprint density at radius 2 is 2.24 bits per heavy atom. The molecule has 0 spiro atoms. The monoisotopic (exact) mass is 292 g/mol. The fourth-order valence-electron chi connectivity index (χ4n) is 2.50. The number of aliphatic hydroxyl groups is 1. The second-order valence-electron chi connectivity index (χ2n) is 6.19. The smallest absolute Gasteiger partial charge is 0.317 e. The lowest BCUT2D eigenvalue weighted by Crippen LogP contribution is -2.45. The summed E-state index contributed by atoms with van der Waals surface area (Å²) in [5, 5.41) is 12.6. The Morgan fingerprint density at radius 1 is 1.48 bits per heavy atom. The molecule has 21 heavy (non-hydrogen) atoms. The van der Waals surface area contributed by atoms with Crippen LogP contribution >= 0.6 is 0 Å². The van der Waals surface area contributed by atoms with E-state index in [0.29, 0.717) is 13.1 Å². The molecule has 116 valence electrons. The zero-order valence-corrected chi connectivity index (χ0v) is 13.0. The van der Waals surface area contributed by atoms with Gasteiger partial charge in [0.25, 0.3) is 0 Å². The molecule has 0 unspecified atom stereocenters. The van der Waals surface area contributed by atoms with Crippen LogP contribution in [0.1, 0.15) is 25.0 Å². The molecule has 5 nitrogen and oxygen atoms in total. The van der Waals surface area contributed by atoms with Crippen molar-refractivity contribution in [2.45, 2.75) is 32.3 Å². The maximum Gasteiger partial charge on any atom is 0.317 e. The lowest BCUT2D eigenvalue weighted by molar-refractivity contribution is 0.0532. The molecule has 0 fully saturated rings. The number of fused-ring (bicyclic) bond motifs is 1. The number of hydrogen-bond acceptors (Lipinski definition) is 3. The fraction of sp³-hybridized carbons (Fsp3) is 0.562. The van der Waals surface area contributed by atoms with Crippen LogP contribution in [0.4, 0.5) is 4.79 Å². The first-order chi connectivity index (χ1) is 9.85. The van der Waals surface area contributed by atoms with E-state index in [9.17, 15) is 9.90 Å². The summed E-state index contributed by atoms with van der Waals surface area (Å²) in [6, 6.07) is 6.02. The second kappa shape index (κ2) is 6.35. The number of carbonyl (C=O) groups excluding carboxylic acids is 1. The average Bonchev–Trinajstić information content (AvgIpc) is 2.84. The maximum absolute atomic E-state index is 11.9. The molecule has 0 aromatic heterocycles. The van der Waals surface area contributed by atoms with E-state index in [1.54, 1.807) is 20.9 Å². The molecule has 5 heteroatoms. The van der Waals surface area contributed by atoms with Crippen molar-refractivity contribution in [2.75, 3.05) is 26.7 Å². The average molecular weight is 292 g/mol. The van der Waals surface area contributed by atoms with Crippen molar-refractivity contribution in [1.82, 2.24) is 10.2 Å². The second-order valence-corrected chi connectivity index (χ2v) is 6.19. The van der Waals surface area contributed by atoms with E-state index in [4.69, 9.17) is 4.74 Å². The molecule has 2 amide bonds. The van der Waals surface area contributed by atoms with E-state index in [2.05, 4.69) is 11.4 Å². The topological polar surface area (TPSA) is 61.8 Å². The predicted octanol–water partition coefficient (Wildman–Crippen LogP) is 1.58. The van der Waals surface area contributed by atoms with Crippen molar-refractivity contribution in [2.24, 2.45) is 0 Å². The van der Waals surface area contributed by atoms with Crippen LogP contribution in [0.5, 0.6) is 5.75 Å². The molecule has 2 N–H and O–H groups in total. The molecule has 0 bridgehead atoms. The summed E-state index contributed by atoms with van der Waals surface area (Å²) in [7, 11) is 1.68. The number of benzene rings is 1. The van der Waals surface area contributed by atoms with E-state index in [-0.39, 0.29) is 6.03 Å². The zero-order chi connectivity index (χ0) is 15.5. The number of amides is 2. The molecule has 1 heterocycles. The molecular formula is C16H24N2O3. The fourth-order valence-corrected chi connectivity index (χ4v) is 2.50. The molecule has 1 aromatic rings. The molecule has 0 atom stereocenters. The van der Waals surface area contributed by atoms with Crippen molar-refractivity contribution >= 4 is 6.03 Å². The summed E-state index contributed by atoms with van der Waals surface area (Å²) >= 11 is 0. The molecular weight excluding hydrogens is 268 g/mol. The summed E-state index contributed by atoms with van der Waals surface area (Å²) in [5.74, 6) is 0.979. The molecule has 1 aliphatic rings. The van der Waals surface area contributed by atoms with Gasteiger partial charge in [0.1, 0.15) is 5.75 Å². The minimum Gasteiger partial charge on any atom is -0.493 e. The van der Waals surface area contributed by atoms with Crippen LogP contribution < -0.4 is 10.1 Å². The van der Waals surface area contributed by atoms with Crippen LogP contribution in [-0.2, 0) is 12.8 Å². The minimum atomic E-state index is -0.883. The lowest BCUT2D eigenvalue weighted by atomic mass is 10.1. The first-order valence-corrected chi connectivity index (χ1v) is 7.31. The molecule has 2 rings (SSSR count). The molecule has 1 aliphatic heterocycles. The summed E-state index contributed by atoms with van der Waals surface area (Å²) in [6.45, 7) is 5.01. The van der Waals surface area contributed by atoms with Crippen LogP contribution in [0.15, 0.2) is 18.2 Å². The zero-order valence-electron chi connectivity index (χ0n) is 13.0. The molecule has 0 radical (unpaired) electrons. The number of nitrogens with one attached hydrogen (secondary N) is 1. The predicted molar refractivity (Wildman–Crippen MR) is 81.7 cm³/mol. The Kier molecular flexibility index (Phi) is 4.73. The van der Waals surface area contributed by atoms with Gasteiger partial charge in [-0.15, -0.1) is 0 Å². The number of carbonyl (C=O) groups is 1. The van der Waals surface area contributed by atoms with Gasteiger partial charge >= 0.3 is 6.03 Å². The summed E-state index contributed by atoms with van der Waals surface area (Å²) < 4.78 is 5.47. The number of urea groups is 1. The number of hydrogen-bond donors (Lipinski definition) is 2. The molecule has 1 aromatic carbocycles. The summed E-state index contributed by atoms with van der Waals surface area (Å²) in [5.41, 5.74) is 1.56. The van der Waals surface area contributed by atoms with Crippen molar-refractivity contribution in [3.05, 3.63) is 29.3 Å². The van der Waals surface area contributed by atoms with Crippen LogP contribution in [0, 0.1) is 0 Å². The minimum absolute atomic E-state index is 0.165.